The van der Waals surface area contributed by atoms with E-state index in [9.17, 15) is 67.8 Å². The Balaban J connectivity index is 0.798. The van der Waals surface area contributed by atoms with E-state index in [1.54, 1.807) is 6.20 Å². The fourth-order valence-electron chi connectivity index (χ4n) is 18.8. The minimum atomic E-state index is -1.58. The number of carboxylic acids is 1. The number of rotatable bonds is 31. The first kappa shape index (κ1) is 82.3. The molecule has 35 heteroatoms. The molecule has 5 aliphatic heterocycles. The number of aromatic hydroxyl groups is 2. The third kappa shape index (κ3) is 17.2. The molecule has 3 aromatic heterocycles. The summed E-state index contributed by atoms with van der Waals surface area (Å²) in [6.07, 6.45) is 11.4. The van der Waals surface area contributed by atoms with Gasteiger partial charge in [0.1, 0.15) is 77.5 Å². The number of imidazole rings is 2. The number of nitrogens with two attached hydrogens (primary N) is 2. The van der Waals surface area contributed by atoms with Gasteiger partial charge >= 0.3 is 5.97 Å². The third-order valence-corrected chi connectivity index (χ3v) is 25.6. The number of nitrogens with one attached hydrogen (secondary N) is 7. The van der Waals surface area contributed by atoms with Crippen LogP contribution in [0.25, 0.3) is 10.8 Å². The lowest BCUT2D eigenvalue weighted by Crippen LogP contribution is -2.66. The van der Waals surface area contributed by atoms with Crippen molar-refractivity contribution in [3.05, 3.63) is 54.3 Å². The van der Waals surface area contributed by atoms with Crippen LogP contribution in [0.1, 0.15) is 180 Å². The Morgan fingerprint density at radius 2 is 1.14 bits per heavy atom. The number of aromatic nitrogens is 5. The molecule has 2 saturated carbocycles. The Morgan fingerprint density at radius 3 is 1.65 bits per heavy atom. The van der Waals surface area contributed by atoms with Crippen molar-refractivity contribution in [2.45, 2.75) is 249 Å². The number of aromatic amines is 2. The van der Waals surface area contributed by atoms with Crippen LogP contribution in [0.15, 0.2) is 37.3 Å². The predicted octanol–water partition coefficient (Wildman–Crippen LogP) is 1.25. The van der Waals surface area contributed by atoms with Crippen molar-refractivity contribution >= 4 is 92.5 Å². The van der Waals surface area contributed by atoms with Gasteiger partial charge in [-0.1, -0.05) is 41.5 Å². The number of carbonyl (C=O) groups is 12. The first-order valence-corrected chi connectivity index (χ1v) is 40.6. The van der Waals surface area contributed by atoms with Crippen LogP contribution >= 0.6 is 0 Å². The molecule has 1 aromatic carbocycles. The molecule has 0 bridgehead atoms. The van der Waals surface area contributed by atoms with Gasteiger partial charge in [0.2, 0.25) is 65.0 Å². The lowest BCUT2D eigenvalue weighted by atomic mass is 9.43. The van der Waals surface area contributed by atoms with Crippen molar-refractivity contribution in [1.82, 2.24) is 70.7 Å². The number of aliphatic hydroxyl groups excluding tert-OH is 1. The van der Waals surface area contributed by atoms with Crippen LogP contribution in [0.5, 0.6) is 17.4 Å². The molecular formula is C76H108N16O18S. The zero-order chi connectivity index (χ0) is 80.3. The quantitative estimate of drug-likeness (QED) is 0.0337. The zero-order valence-corrected chi connectivity index (χ0v) is 64.9. The summed E-state index contributed by atoms with van der Waals surface area (Å²) in [4.78, 5) is 189. The van der Waals surface area contributed by atoms with Gasteiger partial charge in [0.15, 0.2) is 5.88 Å². The van der Waals surface area contributed by atoms with Crippen LogP contribution in [0.3, 0.4) is 0 Å². The molecule has 8 heterocycles. The van der Waals surface area contributed by atoms with Crippen molar-refractivity contribution in [3.8, 4) is 17.4 Å². The SMILES string of the molecule is CC(C)CC(NC(=O)C1CCCN1C(=O)C(CCC(N)=O)NC(=O)C(Cc1cnc[nH]1)NC(=O)C1CCCN1C(=O)C(CCC(N)=O)NC(=O)C(Cc1cnc[nH]1)NC(=O)C(CCS(C)=O)n1cc2c3c(c(O)cc2c1O)CC1(O3)C(C)CCC2C(C)(C)C(O)CCC21C)C(=O)N1CCCC1C(=O)N1CCCC1C(=O)O. The van der Waals surface area contributed by atoms with E-state index < -0.39 is 183 Å². The lowest BCUT2D eigenvalue weighted by Gasteiger charge is -2.64. The summed E-state index contributed by atoms with van der Waals surface area (Å²) in [7, 11) is -1.48. The number of aliphatic carboxylic acids is 1. The standard InChI is InChI=1S/C76H108N16O18S/c1-40(2)30-51(71(105)90-27-10-14-55(90)72(106)91-28-11-15-56(91)73(107)108)87-66(100)53-13-9-26-89(53)70(104)48(18-21-61(78)96)83-63(97)49(31-42-35-79-38-81-42)85-65(99)52-12-8-25-88(52)69(103)47(17-20-60(77)95)84-64(98)50(32-43-36-80-39-82-43)86-67(101)54(23-29-111(7)109)92-37-46-44(68(92)102)33-57(93)45-34-76(110-62(45)46)41(3)16-19-58-74(4,5)59(94)22-24-75(58,76)6/h33,35-41,47-56,58-59,93-94,102H,8-32,34H2,1-7H3,(H2,77,95)(H2,78,96)(H,79,81)(H,80,82)(H,83,97)(H,84,98)(H,85,99)(H,86,101)(H,87,100)(H,107,108). The Morgan fingerprint density at radius 1 is 0.640 bits per heavy atom. The maximum absolute atomic E-state index is 15.2. The number of hydrogen-bond acceptors (Lipinski definition) is 19. The van der Waals surface area contributed by atoms with Crippen molar-refractivity contribution in [1.29, 1.82) is 0 Å². The molecule has 2 aliphatic carbocycles. The summed E-state index contributed by atoms with van der Waals surface area (Å²) in [6.45, 7) is 12.6. The summed E-state index contributed by atoms with van der Waals surface area (Å²) >= 11 is 0. The van der Waals surface area contributed by atoms with E-state index in [0.29, 0.717) is 73.0 Å². The Bertz CT molecular complexity index is 4210. The van der Waals surface area contributed by atoms with E-state index in [4.69, 9.17) is 16.2 Å². The number of hydrogen-bond donors (Lipinski definition) is 13. The van der Waals surface area contributed by atoms with Gasteiger partial charge in [-0.3, -0.25) is 56.9 Å². The number of primary amides is 2. The van der Waals surface area contributed by atoms with E-state index in [-0.39, 0.29) is 125 Å². The maximum Gasteiger partial charge on any atom is 0.326 e. The molecule has 111 heavy (non-hydrogen) atoms. The number of nitrogens with zero attached hydrogens (tertiary/aromatic N) is 7. The normalized spacial score (nSPS) is 25.9. The number of phenols is 1. The smallest absolute Gasteiger partial charge is 0.326 e. The van der Waals surface area contributed by atoms with Crippen LogP contribution in [0.4, 0.5) is 0 Å². The van der Waals surface area contributed by atoms with Gasteiger partial charge in [0.05, 0.1) is 24.1 Å². The zero-order valence-electron chi connectivity index (χ0n) is 64.1. The molecule has 606 valence electrons. The van der Waals surface area contributed by atoms with Gasteiger partial charge in [-0.15, -0.1) is 0 Å². The van der Waals surface area contributed by atoms with Crippen LogP contribution < -0.4 is 42.8 Å². The van der Waals surface area contributed by atoms with Crippen molar-refractivity contribution < 1.29 is 86.9 Å². The lowest BCUT2D eigenvalue weighted by molar-refractivity contribution is -0.210. The summed E-state index contributed by atoms with van der Waals surface area (Å²) in [5.74, 6) is -9.98. The molecule has 11 rings (SSSR count). The molecule has 1 spiro atoms. The topological polar surface area (TPSA) is 500 Å². The van der Waals surface area contributed by atoms with Gasteiger partial charge in [-0.25, -0.2) is 14.8 Å². The second-order valence-electron chi connectivity index (χ2n) is 32.7. The molecule has 6 fully saturated rings. The predicted molar refractivity (Wildman–Crippen MR) is 401 cm³/mol. The van der Waals surface area contributed by atoms with Gasteiger partial charge in [-0.2, -0.15) is 0 Å². The third-order valence-electron chi connectivity index (χ3n) is 24.8. The van der Waals surface area contributed by atoms with E-state index in [1.807, 2.05) is 13.8 Å². The molecule has 16 atom stereocenters. The summed E-state index contributed by atoms with van der Waals surface area (Å²) in [5.41, 5.74) is 10.8. The van der Waals surface area contributed by atoms with Gasteiger partial charge in [0.25, 0.3) is 0 Å². The number of H-pyrrole nitrogens is 2. The average Bonchev–Trinajstić information content (AvgIpc) is 1.60. The molecule has 4 saturated heterocycles. The van der Waals surface area contributed by atoms with E-state index in [0.717, 1.165) is 12.8 Å². The Hall–Kier alpha value is -9.67. The largest absolute Gasteiger partial charge is 0.508 e. The van der Waals surface area contributed by atoms with E-state index in [1.165, 1.54) is 61.5 Å². The van der Waals surface area contributed by atoms with Crippen LogP contribution in [0, 0.1) is 28.6 Å². The molecule has 0 radical (unpaired) electrons. The molecular weight excluding hydrogens is 1460 g/mol. The van der Waals surface area contributed by atoms with E-state index >= 15 is 14.4 Å². The number of ether oxygens (including phenoxy) is 1. The highest BCUT2D eigenvalue weighted by molar-refractivity contribution is 7.84. The number of amides is 11. The van der Waals surface area contributed by atoms with Crippen LogP contribution in [-0.2, 0) is 87.6 Å². The number of carboxylic acid groups (broad SMARTS) is 1. The highest BCUT2D eigenvalue weighted by Gasteiger charge is 2.67. The molecule has 34 nitrogen and oxygen atoms in total. The monoisotopic (exact) mass is 1560 g/mol. The van der Waals surface area contributed by atoms with Crippen molar-refractivity contribution in [2.24, 2.45) is 40.1 Å². The van der Waals surface area contributed by atoms with Gasteiger partial charge in [-0.05, 0) is 132 Å². The number of phenolic OH excluding ortho intramolecular Hbond substituents is 1. The van der Waals surface area contributed by atoms with Gasteiger partial charge in [0, 0.05) is 127 Å². The fraction of sp³-hybridized carbons (Fsp3) is 0.658. The maximum atomic E-state index is 15.2. The second-order valence-corrected chi connectivity index (χ2v) is 34.3. The number of aliphatic hydroxyl groups is 1. The molecule has 7 aliphatic rings. The first-order chi connectivity index (χ1) is 52.6. The number of likely N-dealkylation sites (tertiary alicyclic amines) is 4. The summed E-state index contributed by atoms with van der Waals surface area (Å²) < 4.78 is 21.5. The molecule has 4 aromatic rings. The van der Waals surface area contributed by atoms with Gasteiger partial charge < -0.3 is 97.3 Å². The Kier molecular flexibility index (Phi) is 25.3. The number of carbonyl (C=O) groups excluding carboxylic acids is 11. The summed E-state index contributed by atoms with van der Waals surface area (Å²) in [6, 6.07) is -11.7. The molecule has 15 N–H and O–H groups in total. The first-order valence-electron chi connectivity index (χ1n) is 38.9. The highest BCUT2D eigenvalue weighted by Crippen LogP contribution is 2.67. The number of fused-ring (bicyclic) bond motifs is 5. The highest BCUT2D eigenvalue weighted by atomic mass is 32.2. The summed E-state index contributed by atoms with van der Waals surface area (Å²) in [5, 5.41) is 59.6. The van der Waals surface area contributed by atoms with Crippen LogP contribution in [-0.4, -0.2) is 244 Å². The second kappa shape index (κ2) is 34.1. The molecule has 11 amide bonds. The van der Waals surface area contributed by atoms with Crippen molar-refractivity contribution in [3.63, 3.8) is 0 Å². The molecule has 16 unspecified atom stereocenters. The van der Waals surface area contributed by atoms with Crippen LogP contribution in [0.2, 0.25) is 0 Å². The minimum Gasteiger partial charge on any atom is -0.508 e. The average molecular weight is 1570 g/mol. The fourth-order valence-corrected chi connectivity index (χ4v) is 19.4. The minimum absolute atomic E-state index is 0.0117. The van der Waals surface area contributed by atoms with E-state index in [2.05, 4.69) is 74.2 Å². The Labute approximate surface area is 645 Å². The van der Waals surface area contributed by atoms with Crippen molar-refractivity contribution in [2.75, 3.05) is 38.2 Å². The number of benzene rings is 1.